The minimum Gasteiger partial charge on any atom is -0.455 e. The summed E-state index contributed by atoms with van der Waals surface area (Å²) in [5, 5.41) is 4.69. The summed E-state index contributed by atoms with van der Waals surface area (Å²) in [5.74, 6) is 1.19. The number of nitrogens with zero attached hydrogens (tertiary/aromatic N) is 3. The molecule has 1 N–H and O–H groups in total. The second kappa shape index (κ2) is 10.3. The molecule has 4 rings (SSSR count). The van der Waals surface area contributed by atoms with Gasteiger partial charge in [0.2, 0.25) is 5.91 Å². The molecular formula is C24H25ClN4O2. The van der Waals surface area contributed by atoms with Gasteiger partial charge in [-0.1, -0.05) is 29.8 Å². The number of carbonyl (C=O) groups is 1. The Hall–Kier alpha value is -3.09. The summed E-state index contributed by atoms with van der Waals surface area (Å²) in [6, 6.07) is 21.5. The highest BCUT2D eigenvalue weighted by Gasteiger charge is 2.17. The van der Waals surface area contributed by atoms with Crippen LogP contribution in [0.3, 0.4) is 0 Å². The Morgan fingerprint density at radius 3 is 2.48 bits per heavy atom. The number of amides is 1. The molecule has 0 spiro atoms. The zero-order chi connectivity index (χ0) is 21.5. The molecule has 0 unspecified atom stereocenters. The SMILES string of the molecule is O=C(CCN1CCN(c2ccccc2)CC1)N/N=C/c1ccc(-c2ccc(Cl)cc2)o1. The molecule has 31 heavy (non-hydrogen) atoms. The average molecular weight is 437 g/mol. The summed E-state index contributed by atoms with van der Waals surface area (Å²) in [4.78, 5) is 16.8. The van der Waals surface area contributed by atoms with E-state index >= 15 is 0 Å². The number of benzene rings is 2. The third kappa shape index (κ3) is 5.96. The van der Waals surface area contributed by atoms with Gasteiger partial charge in [0.15, 0.2) is 0 Å². The predicted octanol–water partition coefficient (Wildman–Crippen LogP) is 4.26. The third-order valence-electron chi connectivity index (χ3n) is 5.29. The maximum atomic E-state index is 12.1. The Morgan fingerprint density at radius 2 is 1.74 bits per heavy atom. The minimum atomic E-state index is -0.105. The van der Waals surface area contributed by atoms with Gasteiger partial charge in [-0.05, 0) is 48.5 Å². The van der Waals surface area contributed by atoms with E-state index in [1.54, 1.807) is 0 Å². The maximum Gasteiger partial charge on any atom is 0.241 e. The molecule has 0 saturated carbocycles. The minimum absolute atomic E-state index is 0.105. The first-order valence-electron chi connectivity index (χ1n) is 10.4. The Morgan fingerprint density at radius 1 is 1.00 bits per heavy atom. The van der Waals surface area contributed by atoms with Gasteiger partial charge in [0.05, 0.1) is 6.21 Å². The van der Waals surface area contributed by atoms with Gasteiger partial charge in [0, 0.05) is 55.4 Å². The van der Waals surface area contributed by atoms with E-state index < -0.39 is 0 Å². The van der Waals surface area contributed by atoms with Crippen LogP contribution in [0.25, 0.3) is 11.3 Å². The fraction of sp³-hybridized carbons (Fsp3) is 0.250. The molecule has 2 aromatic carbocycles. The summed E-state index contributed by atoms with van der Waals surface area (Å²) in [5.41, 5.74) is 4.76. The molecule has 1 aliphatic heterocycles. The van der Waals surface area contributed by atoms with Crippen molar-refractivity contribution in [1.82, 2.24) is 10.3 Å². The molecule has 1 saturated heterocycles. The predicted molar refractivity (Wildman–Crippen MR) is 125 cm³/mol. The quantitative estimate of drug-likeness (QED) is 0.444. The maximum absolute atomic E-state index is 12.1. The number of para-hydroxylation sites is 1. The van der Waals surface area contributed by atoms with Crippen molar-refractivity contribution in [2.45, 2.75) is 6.42 Å². The van der Waals surface area contributed by atoms with E-state index in [2.05, 4.69) is 44.6 Å². The van der Waals surface area contributed by atoms with Crippen LogP contribution in [-0.4, -0.2) is 49.7 Å². The standard InChI is InChI=1S/C24H25ClN4O2/c25-20-8-6-19(7-9-20)23-11-10-22(31-23)18-26-27-24(30)12-13-28-14-16-29(17-15-28)21-4-2-1-3-5-21/h1-11,18H,12-17H2,(H,27,30)/b26-18+. The molecule has 3 aromatic rings. The zero-order valence-electron chi connectivity index (χ0n) is 17.2. The van der Waals surface area contributed by atoms with Crippen molar-refractivity contribution in [3.05, 3.63) is 77.5 Å². The fourth-order valence-electron chi connectivity index (χ4n) is 3.54. The van der Waals surface area contributed by atoms with Gasteiger partial charge >= 0.3 is 0 Å². The highest BCUT2D eigenvalue weighted by atomic mass is 35.5. The molecule has 0 aliphatic carbocycles. The average Bonchev–Trinajstić information content (AvgIpc) is 3.28. The first-order valence-corrected chi connectivity index (χ1v) is 10.8. The van der Waals surface area contributed by atoms with Crippen molar-refractivity contribution in [3.63, 3.8) is 0 Å². The lowest BCUT2D eigenvalue weighted by Crippen LogP contribution is -2.47. The number of halogens is 1. The van der Waals surface area contributed by atoms with Crippen LogP contribution in [0, 0.1) is 0 Å². The van der Waals surface area contributed by atoms with Gasteiger partial charge < -0.3 is 9.32 Å². The van der Waals surface area contributed by atoms with Gasteiger partial charge in [-0.15, -0.1) is 0 Å². The summed E-state index contributed by atoms with van der Waals surface area (Å²) in [6.07, 6.45) is 1.92. The summed E-state index contributed by atoms with van der Waals surface area (Å²) in [7, 11) is 0. The molecule has 0 radical (unpaired) electrons. The van der Waals surface area contributed by atoms with Crippen molar-refractivity contribution in [1.29, 1.82) is 0 Å². The van der Waals surface area contributed by atoms with E-state index in [1.807, 2.05) is 42.5 Å². The monoisotopic (exact) mass is 436 g/mol. The van der Waals surface area contributed by atoms with Crippen LogP contribution in [-0.2, 0) is 4.79 Å². The van der Waals surface area contributed by atoms with Gasteiger partial charge in [-0.25, -0.2) is 5.43 Å². The summed E-state index contributed by atoms with van der Waals surface area (Å²) >= 11 is 5.91. The fourth-order valence-corrected chi connectivity index (χ4v) is 3.67. The van der Waals surface area contributed by atoms with E-state index in [4.69, 9.17) is 16.0 Å². The highest BCUT2D eigenvalue weighted by Crippen LogP contribution is 2.23. The number of hydrogen-bond acceptors (Lipinski definition) is 5. The molecule has 7 heteroatoms. The van der Waals surface area contributed by atoms with Crippen LogP contribution in [0.15, 0.2) is 76.2 Å². The van der Waals surface area contributed by atoms with E-state index in [0.717, 1.165) is 44.0 Å². The lowest BCUT2D eigenvalue weighted by atomic mass is 10.2. The lowest BCUT2D eigenvalue weighted by molar-refractivity contribution is -0.121. The zero-order valence-corrected chi connectivity index (χ0v) is 18.0. The van der Waals surface area contributed by atoms with Crippen molar-refractivity contribution in [2.24, 2.45) is 5.10 Å². The van der Waals surface area contributed by atoms with Crippen LogP contribution in [0.1, 0.15) is 12.2 Å². The molecule has 1 aliphatic rings. The van der Waals surface area contributed by atoms with Crippen molar-refractivity contribution < 1.29 is 9.21 Å². The number of furan rings is 1. The Kier molecular flexibility index (Phi) is 7.02. The van der Waals surface area contributed by atoms with Gasteiger partial charge in [0.25, 0.3) is 0 Å². The molecule has 0 atom stereocenters. The van der Waals surface area contributed by atoms with Crippen LogP contribution in [0.2, 0.25) is 5.02 Å². The molecule has 1 aromatic heterocycles. The topological polar surface area (TPSA) is 61.1 Å². The van der Waals surface area contributed by atoms with E-state index in [0.29, 0.717) is 17.2 Å². The largest absolute Gasteiger partial charge is 0.455 e. The van der Waals surface area contributed by atoms with Crippen LogP contribution in [0.4, 0.5) is 5.69 Å². The van der Waals surface area contributed by atoms with Gasteiger partial charge in [-0.3, -0.25) is 9.69 Å². The Labute approximate surface area is 187 Å². The van der Waals surface area contributed by atoms with Crippen molar-refractivity contribution in [3.8, 4) is 11.3 Å². The number of anilines is 1. The van der Waals surface area contributed by atoms with Crippen molar-refractivity contribution >= 4 is 29.4 Å². The summed E-state index contributed by atoms with van der Waals surface area (Å²) < 4.78 is 5.74. The molecule has 1 fully saturated rings. The third-order valence-corrected chi connectivity index (χ3v) is 5.54. The number of carbonyl (C=O) groups excluding carboxylic acids is 1. The smallest absolute Gasteiger partial charge is 0.241 e. The lowest BCUT2D eigenvalue weighted by Gasteiger charge is -2.36. The normalized spacial score (nSPS) is 14.8. The number of rotatable bonds is 7. The van der Waals surface area contributed by atoms with Crippen LogP contribution >= 0.6 is 11.6 Å². The van der Waals surface area contributed by atoms with Crippen molar-refractivity contribution in [2.75, 3.05) is 37.6 Å². The number of hydrazone groups is 1. The van der Waals surface area contributed by atoms with Crippen LogP contribution < -0.4 is 10.3 Å². The second-order valence-electron chi connectivity index (χ2n) is 7.42. The second-order valence-corrected chi connectivity index (χ2v) is 7.85. The molecular weight excluding hydrogens is 412 g/mol. The van der Waals surface area contributed by atoms with E-state index in [-0.39, 0.29) is 5.91 Å². The number of piperazine rings is 1. The van der Waals surface area contributed by atoms with E-state index in [9.17, 15) is 4.79 Å². The molecule has 160 valence electrons. The number of nitrogens with one attached hydrogen (secondary N) is 1. The molecule has 6 nitrogen and oxygen atoms in total. The number of hydrogen-bond donors (Lipinski definition) is 1. The summed E-state index contributed by atoms with van der Waals surface area (Å²) in [6.45, 7) is 4.57. The van der Waals surface area contributed by atoms with Crippen LogP contribution in [0.5, 0.6) is 0 Å². The van der Waals surface area contributed by atoms with Gasteiger partial charge in [-0.2, -0.15) is 5.10 Å². The molecule has 0 bridgehead atoms. The first kappa shape index (κ1) is 21.2. The molecule has 2 heterocycles. The van der Waals surface area contributed by atoms with E-state index in [1.165, 1.54) is 11.9 Å². The first-order chi connectivity index (χ1) is 15.2. The highest BCUT2D eigenvalue weighted by molar-refractivity contribution is 6.30. The van der Waals surface area contributed by atoms with Gasteiger partial charge in [0.1, 0.15) is 11.5 Å². The Balaban J connectivity index is 1.18. The Bertz CT molecular complexity index is 1010. The molecule has 1 amide bonds.